The van der Waals surface area contributed by atoms with E-state index in [2.05, 4.69) is 0 Å². The molecule has 132 valence electrons. The molecule has 1 atom stereocenters. The highest BCUT2D eigenvalue weighted by Crippen LogP contribution is 2.38. The molecule has 0 spiro atoms. The van der Waals surface area contributed by atoms with E-state index in [1.165, 1.54) is 19.1 Å². The number of nitriles is 1. The van der Waals surface area contributed by atoms with Gasteiger partial charge in [0.1, 0.15) is 0 Å². The largest absolute Gasteiger partial charge is 0.266 e. The molecule has 0 N–H and O–H groups in total. The summed E-state index contributed by atoms with van der Waals surface area (Å²) in [5, 5.41) is 21.0. The predicted molar refractivity (Wildman–Crippen MR) is 94.8 cm³/mol. The summed E-state index contributed by atoms with van der Waals surface area (Å²) in [6.45, 7) is 4.91. The van der Waals surface area contributed by atoms with Crippen molar-refractivity contribution in [3.63, 3.8) is 0 Å². The van der Waals surface area contributed by atoms with Crippen molar-refractivity contribution in [1.29, 1.82) is 5.26 Å². The van der Waals surface area contributed by atoms with Crippen LogP contribution in [-0.2, 0) is 10.0 Å². The lowest BCUT2D eigenvalue weighted by atomic mass is 9.95. The Morgan fingerprint density at radius 3 is 2.40 bits per heavy atom. The van der Waals surface area contributed by atoms with Crippen molar-refractivity contribution in [2.24, 2.45) is 0 Å². The number of nitro groups is 1. The third kappa shape index (κ3) is 3.15. The fourth-order valence-electron chi connectivity index (χ4n) is 2.79. The van der Waals surface area contributed by atoms with Crippen LogP contribution >= 0.6 is 0 Å². The van der Waals surface area contributed by atoms with E-state index in [-0.39, 0.29) is 5.70 Å². The van der Waals surface area contributed by atoms with Gasteiger partial charge < -0.3 is 0 Å². The molecule has 0 saturated carbocycles. The molecule has 0 heterocycles. The van der Waals surface area contributed by atoms with Gasteiger partial charge in [-0.2, -0.15) is 5.26 Å². The van der Waals surface area contributed by atoms with Crippen molar-refractivity contribution >= 4 is 15.7 Å². The highest BCUT2D eigenvalue weighted by atomic mass is 32.2. The minimum Gasteiger partial charge on any atom is -0.266 e. The summed E-state index contributed by atoms with van der Waals surface area (Å²) < 4.78 is 25.9. The second kappa shape index (κ2) is 6.69. The Labute approximate surface area is 147 Å². The maximum atomic E-state index is 13.4. The van der Waals surface area contributed by atoms with Gasteiger partial charge in [0.05, 0.1) is 23.1 Å². The van der Waals surface area contributed by atoms with E-state index < -0.39 is 32.2 Å². The summed E-state index contributed by atoms with van der Waals surface area (Å²) in [5.74, 6) is 0. The Balaban J connectivity index is 2.62. The number of sulfonamides is 1. The Kier molecular flexibility index (Phi) is 4.99. The normalized spacial score (nSPS) is 20.4. The molecule has 25 heavy (non-hydrogen) atoms. The molecule has 2 rings (SSSR count). The fourth-order valence-corrected chi connectivity index (χ4v) is 4.77. The van der Waals surface area contributed by atoms with Crippen LogP contribution in [0.5, 0.6) is 0 Å². The third-order valence-electron chi connectivity index (χ3n) is 4.10. The van der Waals surface area contributed by atoms with Gasteiger partial charge in [-0.25, -0.2) is 8.42 Å². The zero-order valence-corrected chi connectivity index (χ0v) is 15.0. The summed E-state index contributed by atoms with van der Waals surface area (Å²) in [6.07, 6.45) is 2.10. The first-order valence-corrected chi connectivity index (χ1v) is 9.14. The first-order valence-electron chi connectivity index (χ1n) is 7.70. The van der Waals surface area contributed by atoms with Crippen molar-refractivity contribution in [1.82, 2.24) is 0 Å². The van der Waals surface area contributed by atoms with Crippen LogP contribution in [0.2, 0.25) is 0 Å². The van der Waals surface area contributed by atoms with E-state index in [9.17, 15) is 23.8 Å². The molecule has 0 amide bonds. The van der Waals surface area contributed by atoms with Crippen LogP contribution in [0.3, 0.4) is 0 Å². The number of anilines is 1. The highest BCUT2D eigenvalue weighted by molar-refractivity contribution is 7.94. The molecule has 1 unspecified atom stereocenters. The predicted octanol–water partition coefficient (Wildman–Crippen LogP) is 3.00. The van der Waals surface area contributed by atoms with Crippen molar-refractivity contribution < 1.29 is 13.3 Å². The standard InChI is InChI=1S/C17H19N3O4S/c1-13(2)19(15-7-5-4-6-8-15)25(23,24)17(12-18)10-9-14(3)16(11-17)20(21)22/h4-10,13H,11H2,1-3H3. The number of para-hydroxylation sites is 1. The molecular weight excluding hydrogens is 342 g/mol. The van der Waals surface area contributed by atoms with Crippen molar-refractivity contribution in [3.05, 3.63) is 63.9 Å². The average molecular weight is 361 g/mol. The van der Waals surface area contributed by atoms with Crippen LogP contribution in [0.15, 0.2) is 53.8 Å². The van der Waals surface area contributed by atoms with Gasteiger partial charge in [-0.3, -0.25) is 14.4 Å². The summed E-state index contributed by atoms with van der Waals surface area (Å²) in [7, 11) is -4.23. The second-order valence-corrected chi connectivity index (χ2v) is 8.20. The van der Waals surface area contributed by atoms with Gasteiger partial charge in [-0.1, -0.05) is 24.3 Å². The van der Waals surface area contributed by atoms with Crippen LogP contribution in [-0.4, -0.2) is 24.1 Å². The number of hydrogen-bond acceptors (Lipinski definition) is 5. The Morgan fingerprint density at radius 2 is 1.92 bits per heavy atom. The van der Waals surface area contributed by atoms with E-state index in [1.54, 1.807) is 44.2 Å². The fraction of sp³-hybridized carbons (Fsp3) is 0.353. The smallest absolute Gasteiger partial charge is 0.259 e. The topological polar surface area (TPSA) is 104 Å². The van der Waals surface area contributed by atoms with Crippen LogP contribution < -0.4 is 4.31 Å². The minimum atomic E-state index is -4.23. The molecule has 1 aliphatic rings. The molecule has 0 aromatic heterocycles. The molecule has 1 aromatic rings. The Hall–Kier alpha value is -2.66. The van der Waals surface area contributed by atoms with E-state index in [4.69, 9.17) is 0 Å². The quantitative estimate of drug-likeness (QED) is 0.592. The number of rotatable bonds is 5. The molecule has 0 fully saturated rings. The van der Waals surface area contributed by atoms with Gasteiger partial charge in [-0.05, 0) is 39.0 Å². The van der Waals surface area contributed by atoms with E-state index in [1.807, 2.05) is 6.07 Å². The Bertz CT molecular complexity index is 882. The summed E-state index contributed by atoms with van der Waals surface area (Å²) in [4.78, 5) is 10.6. The van der Waals surface area contributed by atoms with Crippen molar-refractivity contribution in [2.75, 3.05) is 4.31 Å². The van der Waals surface area contributed by atoms with Crippen LogP contribution in [0, 0.1) is 21.4 Å². The summed E-state index contributed by atoms with van der Waals surface area (Å²) in [5.41, 5.74) is 0.501. The first kappa shape index (κ1) is 18.7. The van der Waals surface area contributed by atoms with E-state index >= 15 is 0 Å². The number of hydrogen-bond donors (Lipinski definition) is 0. The molecule has 0 saturated heterocycles. The molecule has 0 bridgehead atoms. The zero-order valence-electron chi connectivity index (χ0n) is 14.2. The molecule has 7 nitrogen and oxygen atoms in total. The van der Waals surface area contributed by atoms with Gasteiger partial charge in [0.25, 0.3) is 15.7 Å². The lowest BCUT2D eigenvalue weighted by Gasteiger charge is -2.35. The molecular formula is C17H19N3O4S. The van der Waals surface area contributed by atoms with Gasteiger partial charge in [0.15, 0.2) is 0 Å². The maximum absolute atomic E-state index is 13.4. The monoisotopic (exact) mass is 361 g/mol. The Morgan fingerprint density at radius 1 is 1.32 bits per heavy atom. The average Bonchev–Trinajstić information content (AvgIpc) is 2.55. The highest BCUT2D eigenvalue weighted by Gasteiger charge is 2.51. The number of nitrogens with zero attached hydrogens (tertiary/aromatic N) is 3. The summed E-state index contributed by atoms with van der Waals surface area (Å²) in [6, 6.07) is 9.76. The maximum Gasteiger partial charge on any atom is 0.259 e. The van der Waals surface area contributed by atoms with Crippen LogP contribution in [0.1, 0.15) is 27.2 Å². The van der Waals surface area contributed by atoms with Crippen LogP contribution in [0.4, 0.5) is 5.69 Å². The number of allylic oxidation sites excluding steroid dienone is 3. The van der Waals surface area contributed by atoms with Gasteiger partial charge in [0.2, 0.25) is 4.75 Å². The van der Waals surface area contributed by atoms with E-state index in [0.29, 0.717) is 11.3 Å². The van der Waals surface area contributed by atoms with E-state index in [0.717, 1.165) is 4.31 Å². The lowest BCUT2D eigenvalue weighted by Crippen LogP contribution is -2.50. The first-order chi connectivity index (χ1) is 11.7. The van der Waals surface area contributed by atoms with Gasteiger partial charge >= 0.3 is 0 Å². The molecule has 1 aliphatic carbocycles. The molecule has 0 radical (unpaired) electrons. The van der Waals surface area contributed by atoms with Crippen molar-refractivity contribution in [2.45, 2.75) is 38.0 Å². The second-order valence-electron chi connectivity index (χ2n) is 6.13. The van der Waals surface area contributed by atoms with Crippen LogP contribution in [0.25, 0.3) is 0 Å². The SMILES string of the molecule is CC1=C([N+](=O)[O-])CC(C#N)(S(=O)(=O)N(c2ccccc2)C(C)C)C=C1. The molecule has 8 heteroatoms. The summed E-state index contributed by atoms with van der Waals surface area (Å²) >= 11 is 0. The minimum absolute atomic E-state index is 0.260. The molecule has 0 aliphatic heterocycles. The third-order valence-corrected chi connectivity index (χ3v) is 6.54. The number of benzene rings is 1. The lowest BCUT2D eigenvalue weighted by molar-refractivity contribution is -0.429. The molecule has 1 aromatic carbocycles. The van der Waals surface area contributed by atoms with Gasteiger partial charge in [0, 0.05) is 11.6 Å². The van der Waals surface area contributed by atoms with Crippen molar-refractivity contribution in [3.8, 4) is 6.07 Å². The van der Waals surface area contributed by atoms with Gasteiger partial charge in [-0.15, -0.1) is 0 Å². The zero-order chi connectivity index (χ0) is 18.8.